The molecule has 4 N–H and O–H groups in total. The third kappa shape index (κ3) is 1.29. The lowest BCUT2D eigenvalue weighted by Crippen LogP contribution is -2.37. The van der Waals surface area contributed by atoms with Crippen LogP contribution >= 0.6 is 0 Å². The van der Waals surface area contributed by atoms with Gasteiger partial charge in [-0.05, 0) is 6.42 Å². The fourth-order valence-electron chi connectivity index (χ4n) is 2.51. The van der Waals surface area contributed by atoms with Crippen LogP contribution in [0.25, 0.3) is 0 Å². The summed E-state index contributed by atoms with van der Waals surface area (Å²) in [5.41, 5.74) is 13.6. The first kappa shape index (κ1) is 10.9. The molecule has 4 heteroatoms. The minimum atomic E-state index is -0.447. The highest BCUT2D eigenvalue weighted by Crippen LogP contribution is 2.33. The Morgan fingerprint density at radius 1 is 1.06 bits per heavy atom. The van der Waals surface area contributed by atoms with Gasteiger partial charge >= 0.3 is 0 Å². The molecule has 3 rings (SSSR count). The number of hydrogen-bond acceptors (Lipinski definition) is 4. The van der Waals surface area contributed by atoms with Crippen molar-refractivity contribution in [3.63, 3.8) is 0 Å². The maximum atomic E-state index is 12.4. The summed E-state index contributed by atoms with van der Waals surface area (Å²) in [6.07, 6.45) is 2.20. The van der Waals surface area contributed by atoms with E-state index in [1.54, 1.807) is 30.3 Å². The summed E-state index contributed by atoms with van der Waals surface area (Å²) >= 11 is 0. The van der Waals surface area contributed by atoms with E-state index in [2.05, 4.69) is 0 Å². The number of carbonyl (C=O) groups is 2. The highest BCUT2D eigenvalue weighted by atomic mass is 16.1. The summed E-state index contributed by atoms with van der Waals surface area (Å²) in [6.45, 7) is 0. The van der Waals surface area contributed by atoms with Crippen LogP contribution in [0.2, 0.25) is 0 Å². The van der Waals surface area contributed by atoms with Gasteiger partial charge in [-0.15, -0.1) is 0 Å². The number of fused-ring (bicyclic) bond motifs is 1. The van der Waals surface area contributed by atoms with E-state index in [-0.39, 0.29) is 17.1 Å². The lowest BCUT2D eigenvalue weighted by Gasteiger charge is -2.27. The highest BCUT2D eigenvalue weighted by molar-refractivity contribution is 6.29. The molecule has 0 heterocycles. The Balaban J connectivity index is 2.30. The van der Waals surface area contributed by atoms with Crippen molar-refractivity contribution in [2.24, 2.45) is 11.5 Å². The molecular formula is C14H12N2O2. The first-order chi connectivity index (χ1) is 8.61. The third-order valence-corrected chi connectivity index (χ3v) is 3.41. The van der Waals surface area contributed by atoms with Crippen LogP contribution < -0.4 is 11.5 Å². The molecule has 2 aliphatic rings. The minimum absolute atomic E-state index is 0.177. The first-order valence-electron chi connectivity index (χ1n) is 5.75. The van der Waals surface area contributed by atoms with E-state index < -0.39 is 6.04 Å². The molecule has 0 aliphatic heterocycles. The Bertz CT molecular complexity index is 641. The van der Waals surface area contributed by atoms with E-state index in [0.29, 0.717) is 28.8 Å². The lowest BCUT2D eigenvalue weighted by atomic mass is 9.77. The summed E-state index contributed by atoms with van der Waals surface area (Å²) in [6, 6.07) is 6.33. The maximum Gasteiger partial charge on any atom is 0.196 e. The van der Waals surface area contributed by atoms with Crippen molar-refractivity contribution in [3.8, 4) is 0 Å². The van der Waals surface area contributed by atoms with Gasteiger partial charge in [-0.3, -0.25) is 9.59 Å². The molecule has 0 amide bonds. The zero-order valence-corrected chi connectivity index (χ0v) is 9.64. The maximum absolute atomic E-state index is 12.4. The summed E-state index contributed by atoms with van der Waals surface area (Å²) in [5.74, 6) is -0.382. The quantitative estimate of drug-likeness (QED) is 0.706. The molecule has 0 fully saturated rings. The zero-order chi connectivity index (χ0) is 12.9. The van der Waals surface area contributed by atoms with E-state index in [4.69, 9.17) is 11.5 Å². The zero-order valence-electron chi connectivity index (χ0n) is 9.64. The number of allylic oxidation sites excluding steroid dienone is 1. The topological polar surface area (TPSA) is 86.2 Å². The first-order valence-corrected chi connectivity index (χ1v) is 5.75. The van der Waals surface area contributed by atoms with Gasteiger partial charge in [0.05, 0.1) is 5.57 Å². The predicted molar refractivity (Wildman–Crippen MR) is 67.0 cm³/mol. The second kappa shape index (κ2) is 3.65. The van der Waals surface area contributed by atoms with Gasteiger partial charge in [0.25, 0.3) is 0 Å². The van der Waals surface area contributed by atoms with Gasteiger partial charge in [0.2, 0.25) is 0 Å². The number of Topliss-reactive ketones (excluding diaryl/α,β-unsaturated/α-hetero) is 2. The monoisotopic (exact) mass is 240 g/mol. The molecule has 0 spiro atoms. The highest BCUT2D eigenvalue weighted by Gasteiger charge is 2.37. The average Bonchev–Trinajstić information content (AvgIpc) is 2.38. The SMILES string of the molecule is NC1=CCC(N)C2=C1C(=O)c1ccccc1C2=O. The largest absolute Gasteiger partial charge is 0.398 e. The van der Waals surface area contributed by atoms with Gasteiger partial charge < -0.3 is 11.5 Å². The van der Waals surface area contributed by atoms with Crippen molar-refractivity contribution in [3.05, 3.63) is 58.3 Å². The second-order valence-corrected chi connectivity index (χ2v) is 4.49. The number of benzene rings is 1. The molecule has 0 bridgehead atoms. The number of ketones is 2. The van der Waals surface area contributed by atoms with Crippen molar-refractivity contribution in [2.45, 2.75) is 12.5 Å². The smallest absolute Gasteiger partial charge is 0.196 e. The fourth-order valence-corrected chi connectivity index (χ4v) is 2.51. The van der Waals surface area contributed by atoms with E-state index in [0.717, 1.165) is 0 Å². The van der Waals surface area contributed by atoms with Crippen LogP contribution in [0, 0.1) is 0 Å². The Labute approximate surface area is 104 Å². The van der Waals surface area contributed by atoms with E-state index >= 15 is 0 Å². The van der Waals surface area contributed by atoms with Crippen LogP contribution in [0.4, 0.5) is 0 Å². The summed E-state index contributed by atoms with van der Waals surface area (Å²) in [7, 11) is 0. The van der Waals surface area contributed by atoms with Crippen molar-refractivity contribution in [2.75, 3.05) is 0 Å². The van der Waals surface area contributed by atoms with Crippen molar-refractivity contribution in [1.29, 1.82) is 0 Å². The molecule has 18 heavy (non-hydrogen) atoms. The van der Waals surface area contributed by atoms with E-state index in [1.807, 2.05) is 0 Å². The molecule has 0 radical (unpaired) electrons. The minimum Gasteiger partial charge on any atom is -0.398 e. The molecule has 0 saturated heterocycles. The Morgan fingerprint density at radius 3 is 2.33 bits per heavy atom. The summed E-state index contributed by atoms with van der Waals surface area (Å²) in [4.78, 5) is 24.7. The molecule has 1 aromatic carbocycles. The van der Waals surface area contributed by atoms with Crippen LogP contribution in [0.3, 0.4) is 0 Å². The van der Waals surface area contributed by atoms with Crippen LogP contribution in [0.15, 0.2) is 47.2 Å². The molecule has 1 unspecified atom stereocenters. The molecule has 0 aromatic heterocycles. The molecule has 90 valence electrons. The van der Waals surface area contributed by atoms with E-state index in [9.17, 15) is 9.59 Å². The standard InChI is InChI=1S/C14H12N2O2/c15-9-5-6-10(16)12-11(9)13(17)7-3-1-2-4-8(7)14(12)18/h1-5,10H,6,15-16H2. The van der Waals surface area contributed by atoms with Gasteiger partial charge in [-0.2, -0.15) is 0 Å². The molecule has 2 aliphatic carbocycles. The summed E-state index contributed by atoms with van der Waals surface area (Å²) in [5, 5.41) is 0. The van der Waals surface area contributed by atoms with Crippen molar-refractivity contribution in [1.82, 2.24) is 0 Å². The Kier molecular flexibility index (Phi) is 2.21. The van der Waals surface area contributed by atoms with Gasteiger partial charge in [-0.25, -0.2) is 0 Å². The molecule has 4 nitrogen and oxygen atoms in total. The average molecular weight is 240 g/mol. The number of nitrogens with two attached hydrogens (primary N) is 2. The molecule has 0 saturated carbocycles. The van der Waals surface area contributed by atoms with Gasteiger partial charge in [0.1, 0.15) is 0 Å². The van der Waals surface area contributed by atoms with Crippen molar-refractivity contribution < 1.29 is 9.59 Å². The molecule has 1 atom stereocenters. The van der Waals surface area contributed by atoms with Crippen LogP contribution in [0.5, 0.6) is 0 Å². The van der Waals surface area contributed by atoms with Gasteiger partial charge in [0, 0.05) is 28.4 Å². The lowest BCUT2D eigenvalue weighted by molar-refractivity contribution is 0.0970. The number of hydrogen-bond donors (Lipinski definition) is 2. The predicted octanol–water partition coefficient (Wildman–Crippen LogP) is 0.936. The molecule has 1 aromatic rings. The number of carbonyl (C=O) groups excluding carboxylic acids is 2. The Morgan fingerprint density at radius 2 is 1.67 bits per heavy atom. The van der Waals surface area contributed by atoms with Gasteiger partial charge in [0.15, 0.2) is 11.6 Å². The van der Waals surface area contributed by atoms with E-state index in [1.165, 1.54) is 0 Å². The van der Waals surface area contributed by atoms with Gasteiger partial charge in [-0.1, -0.05) is 30.3 Å². The molecular weight excluding hydrogens is 228 g/mol. The third-order valence-electron chi connectivity index (χ3n) is 3.41. The second-order valence-electron chi connectivity index (χ2n) is 4.49. The fraction of sp³-hybridized carbons (Fsp3) is 0.143. The van der Waals surface area contributed by atoms with Crippen LogP contribution in [-0.2, 0) is 0 Å². The summed E-state index contributed by atoms with van der Waals surface area (Å²) < 4.78 is 0. The van der Waals surface area contributed by atoms with Crippen LogP contribution in [-0.4, -0.2) is 17.6 Å². The number of rotatable bonds is 0. The Hall–Kier alpha value is -2.20. The van der Waals surface area contributed by atoms with Crippen molar-refractivity contribution >= 4 is 11.6 Å². The normalized spacial score (nSPS) is 22.5. The van der Waals surface area contributed by atoms with Crippen LogP contribution in [0.1, 0.15) is 27.1 Å².